The number of imide groups is 1. The highest BCUT2D eigenvalue weighted by Crippen LogP contribution is 2.45. The van der Waals surface area contributed by atoms with Gasteiger partial charge in [0.15, 0.2) is 11.4 Å². The summed E-state index contributed by atoms with van der Waals surface area (Å²) in [6.07, 6.45) is 0. The van der Waals surface area contributed by atoms with E-state index in [1.807, 2.05) is 89.5 Å². The maximum absolute atomic E-state index is 14.7. The quantitative estimate of drug-likeness (QED) is 0.131. The molecule has 0 N–H and O–H groups in total. The molecule has 0 spiro atoms. The molecule has 0 unspecified atom stereocenters. The lowest BCUT2D eigenvalue weighted by Crippen LogP contribution is -2.29. The monoisotopic (exact) mass is 716 g/mol. The summed E-state index contributed by atoms with van der Waals surface area (Å²) in [5, 5.41) is 21.5. The van der Waals surface area contributed by atoms with Crippen LogP contribution in [-0.4, -0.2) is 16.4 Å². The van der Waals surface area contributed by atoms with Crippen molar-refractivity contribution in [3.8, 4) is 51.2 Å². The Hall–Kier alpha value is -8.56. The molecule has 1 aromatic heterocycles. The van der Waals surface area contributed by atoms with Gasteiger partial charge in [-0.2, -0.15) is 10.5 Å². The van der Waals surface area contributed by atoms with Crippen molar-refractivity contribution in [3.63, 3.8) is 0 Å². The molecule has 8 heteroatoms. The van der Waals surface area contributed by atoms with E-state index in [0.717, 1.165) is 21.9 Å². The minimum Gasteiger partial charge on any atom is -0.307 e. The standard InChI is InChI=1S/C48H24N6O2/c1-51-35-23-29(27-49)21-33(25-35)38-11-6-13-40-41-14-7-12-39(34-22-30(28-50)24-36(26-34)52-2)46(41)54(45(38)40)43-16-8-15-42-44(43)48(56)53(47(42)55)37-19-17-32(18-20-37)31-9-4-3-5-10-31/h3-26H. The smallest absolute Gasteiger partial charge is 0.268 e. The maximum atomic E-state index is 14.7. The molecule has 0 radical (unpaired) electrons. The van der Waals surface area contributed by atoms with Crippen LogP contribution in [-0.2, 0) is 0 Å². The van der Waals surface area contributed by atoms with Crippen LogP contribution in [0.1, 0.15) is 31.8 Å². The van der Waals surface area contributed by atoms with Gasteiger partial charge in [-0.3, -0.25) is 9.59 Å². The van der Waals surface area contributed by atoms with E-state index in [9.17, 15) is 20.1 Å². The second-order valence-electron chi connectivity index (χ2n) is 13.3. The Kier molecular flexibility index (Phi) is 7.81. The van der Waals surface area contributed by atoms with Crippen molar-refractivity contribution in [2.75, 3.05) is 4.90 Å². The van der Waals surface area contributed by atoms with Gasteiger partial charge in [0, 0.05) is 33.0 Å². The van der Waals surface area contributed by atoms with Gasteiger partial charge in [-0.1, -0.05) is 84.9 Å². The third-order valence-electron chi connectivity index (χ3n) is 10.1. The summed E-state index contributed by atoms with van der Waals surface area (Å²) in [5.74, 6) is -0.936. The minimum absolute atomic E-state index is 0.216. The highest BCUT2D eigenvalue weighted by Gasteiger charge is 2.39. The molecule has 1 aliphatic heterocycles. The summed E-state index contributed by atoms with van der Waals surface area (Å²) >= 11 is 0. The third-order valence-corrected chi connectivity index (χ3v) is 10.1. The largest absolute Gasteiger partial charge is 0.307 e. The zero-order chi connectivity index (χ0) is 38.5. The molecule has 1 aliphatic rings. The van der Waals surface area contributed by atoms with E-state index >= 15 is 0 Å². The number of carbonyl (C=O) groups is 2. The van der Waals surface area contributed by atoms with Gasteiger partial charge in [0.1, 0.15) is 0 Å². The number of aromatic nitrogens is 1. The van der Waals surface area contributed by atoms with E-state index in [1.165, 1.54) is 17.0 Å². The van der Waals surface area contributed by atoms with Crippen LogP contribution in [0.4, 0.5) is 17.1 Å². The number of rotatable bonds is 5. The van der Waals surface area contributed by atoms with Crippen LogP contribution < -0.4 is 4.90 Å². The van der Waals surface area contributed by atoms with Gasteiger partial charge in [0.05, 0.1) is 58.8 Å². The molecule has 8 aromatic rings. The molecule has 0 fully saturated rings. The molecule has 0 saturated carbocycles. The maximum Gasteiger partial charge on any atom is 0.268 e. The Bertz CT molecular complexity index is 2970. The van der Waals surface area contributed by atoms with Crippen molar-refractivity contribution in [2.45, 2.75) is 0 Å². The number of amides is 2. The number of hydrogen-bond donors (Lipinski definition) is 0. The van der Waals surface area contributed by atoms with Gasteiger partial charge in [0.2, 0.25) is 0 Å². The summed E-state index contributed by atoms with van der Waals surface area (Å²) in [7, 11) is 0. The van der Waals surface area contributed by atoms with Crippen LogP contribution in [0.5, 0.6) is 0 Å². The lowest BCUT2D eigenvalue weighted by Gasteiger charge is -2.17. The van der Waals surface area contributed by atoms with Crippen molar-refractivity contribution >= 4 is 50.7 Å². The molecule has 8 nitrogen and oxygen atoms in total. The van der Waals surface area contributed by atoms with Crippen LogP contribution in [0.2, 0.25) is 0 Å². The van der Waals surface area contributed by atoms with E-state index in [1.54, 1.807) is 48.5 Å². The van der Waals surface area contributed by atoms with Crippen molar-refractivity contribution in [3.05, 3.63) is 191 Å². The molecule has 0 atom stereocenters. The minimum atomic E-state index is -0.485. The molecular weight excluding hydrogens is 693 g/mol. The number of nitrogens with zero attached hydrogens (tertiary/aromatic N) is 6. The lowest BCUT2D eigenvalue weighted by atomic mass is 9.98. The third kappa shape index (κ3) is 5.19. The van der Waals surface area contributed by atoms with Crippen LogP contribution in [0.15, 0.2) is 146 Å². The molecule has 56 heavy (non-hydrogen) atoms. The number of hydrogen-bond acceptors (Lipinski definition) is 4. The predicted molar refractivity (Wildman–Crippen MR) is 217 cm³/mol. The zero-order valence-corrected chi connectivity index (χ0v) is 29.4. The molecule has 9 rings (SSSR count). The van der Waals surface area contributed by atoms with Crippen molar-refractivity contribution in [1.82, 2.24) is 4.57 Å². The van der Waals surface area contributed by atoms with Gasteiger partial charge in [-0.15, -0.1) is 0 Å². The summed E-state index contributed by atoms with van der Waals surface area (Å²) in [4.78, 5) is 37.5. The van der Waals surface area contributed by atoms with Gasteiger partial charge in [-0.25, -0.2) is 14.6 Å². The second-order valence-corrected chi connectivity index (χ2v) is 13.3. The average molecular weight is 717 g/mol. The summed E-state index contributed by atoms with van der Waals surface area (Å²) in [6, 6.07) is 48.3. The van der Waals surface area contributed by atoms with Crippen LogP contribution in [0, 0.1) is 35.8 Å². The molecular formula is C48H24N6O2. The number of fused-ring (bicyclic) bond motifs is 4. The first-order valence-electron chi connectivity index (χ1n) is 17.5. The first-order chi connectivity index (χ1) is 27.4. The van der Waals surface area contributed by atoms with E-state index < -0.39 is 11.8 Å². The topological polar surface area (TPSA) is 98.6 Å². The lowest BCUT2D eigenvalue weighted by molar-refractivity contribution is 0.0926. The van der Waals surface area contributed by atoms with Crippen molar-refractivity contribution in [2.24, 2.45) is 0 Å². The van der Waals surface area contributed by atoms with Crippen LogP contribution in [0.3, 0.4) is 0 Å². The Balaban J connectivity index is 1.34. The van der Waals surface area contributed by atoms with Crippen LogP contribution >= 0.6 is 0 Å². The highest BCUT2D eigenvalue weighted by atomic mass is 16.2. The number of benzene rings is 7. The number of carbonyl (C=O) groups excluding carboxylic acids is 2. The number of anilines is 1. The summed E-state index contributed by atoms with van der Waals surface area (Å²) in [6.45, 7) is 15.5. The van der Waals surface area contributed by atoms with Crippen molar-refractivity contribution < 1.29 is 9.59 Å². The highest BCUT2D eigenvalue weighted by molar-refractivity contribution is 6.36. The molecule has 2 heterocycles. The Morgan fingerprint density at radius 2 is 1.02 bits per heavy atom. The number of para-hydroxylation sites is 2. The summed E-state index contributed by atoms with van der Waals surface area (Å²) in [5.41, 5.74) is 8.56. The van der Waals surface area contributed by atoms with Gasteiger partial charge in [0.25, 0.3) is 11.8 Å². The zero-order valence-electron chi connectivity index (χ0n) is 29.4. The van der Waals surface area contributed by atoms with Gasteiger partial charge < -0.3 is 4.57 Å². The first-order valence-corrected chi connectivity index (χ1v) is 17.5. The molecule has 0 bridgehead atoms. The SMILES string of the molecule is [C-]#[N+]c1cc(C#N)cc(-c2cccc3c4cccc(-c5cc(C#N)cc([N+]#[C-])c5)c4n(-c4cccc5c4C(=O)N(c4ccc(-c6ccccc6)cc4)C5=O)c23)c1. The van der Waals surface area contributed by atoms with E-state index in [-0.39, 0.29) is 11.1 Å². The fourth-order valence-electron chi connectivity index (χ4n) is 7.74. The Morgan fingerprint density at radius 3 is 1.55 bits per heavy atom. The predicted octanol–water partition coefficient (Wildman–Crippen LogP) is 11.4. The molecule has 0 saturated heterocycles. The summed E-state index contributed by atoms with van der Waals surface area (Å²) < 4.78 is 1.97. The van der Waals surface area contributed by atoms with Gasteiger partial charge >= 0.3 is 0 Å². The molecule has 7 aromatic carbocycles. The fraction of sp³-hybridized carbons (Fsp3) is 0. The second kappa shape index (κ2) is 13.1. The molecule has 2 amide bonds. The van der Waals surface area contributed by atoms with E-state index in [0.29, 0.717) is 67.2 Å². The Morgan fingerprint density at radius 1 is 0.500 bits per heavy atom. The Labute approximate surface area is 321 Å². The molecule has 258 valence electrons. The first kappa shape index (κ1) is 33.3. The van der Waals surface area contributed by atoms with Crippen molar-refractivity contribution in [1.29, 1.82) is 10.5 Å². The van der Waals surface area contributed by atoms with Crippen LogP contribution in [0.25, 0.3) is 70.6 Å². The average Bonchev–Trinajstić information content (AvgIpc) is 3.74. The fourth-order valence-corrected chi connectivity index (χ4v) is 7.74. The normalized spacial score (nSPS) is 11.9. The van der Waals surface area contributed by atoms with Gasteiger partial charge in [-0.05, 0) is 82.9 Å². The number of nitriles is 2. The van der Waals surface area contributed by atoms with E-state index in [2.05, 4.69) is 21.8 Å². The van der Waals surface area contributed by atoms with E-state index in [4.69, 9.17) is 13.1 Å². The molecule has 0 aliphatic carbocycles.